The van der Waals surface area contributed by atoms with Gasteiger partial charge < -0.3 is 14.2 Å². The Morgan fingerprint density at radius 2 is 1.83 bits per heavy atom. The summed E-state index contributed by atoms with van der Waals surface area (Å²) in [6, 6.07) is 2.80. The van der Waals surface area contributed by atoms with Crippen molar-refractivity contribution < 1.29 is 36.2 Å². The highest BCUT2D eigenvalue weighted by molar-refractivity contribution is 5.45. The quantitative estimate of drug-likeness (QED) is 0.767. The largest absolute Gasteiger partial charge is 0.573 e. The Kier molecular flexibility index (Phi) is 4.57. The molecule has 0 N–H and O–H groups in total. The van der Waals surface area contributed by atoms with E-state index in [4.69, 9.17) is 4.74 Å². The smallest absolute Gasteiger partial charge is 0.490 e. The Morgan fingerprint density at radius 3 is 2.33 bits per heavy atom. The minimum absolute atomic E-state index is 0.100. The molecule has 0 radical (unpaired) electrons. The molecule has 1 aromatic rings. The van der Waals surface area contributed by atoms with E-state index in [1.807, 2.05) is 0 Å². The number of hydrogen-bond acceptors (Lipinski definition) is 3. The molecule has 102 valence electrons. The van der Waals surface area contributed by atoms with Crippen molar-refractivity contribution in [2.24, 2.45) is 0 Å². The van der Waals surface area contributed by atoms with Gasteiger partial charge in [0.05, 0.1) is 6.61 Å². The lowest BCUT2D eigenvalue weighted by Gasteiger charge is -2.14. The zero-order valence-corrected chi connectivity index (χ0v) is 9.13. The second-order valence-corrected chi connectivity index (χ2v) is 2.97. The Balaban J connectivity index is 2.99. The minimum atomic E-state index is -4.95. The number of alkyl halides is 5. The van der Waals surface area contributed by atoms with Crippen LogP contribution < -0.4 is 14.2 Å². The van der Waals surface area contributed by atoms with Gasteiger partial charge in [0.2, 0.25) is 0 Å². The molecular weight excluding hydrogens is 263 g/mol. The second kappa shape index (κ2) is 5.74. The molecule has 18 heavy (non-hydrogen) atoms. The van der Waals surface area contributed by atoms with Gasteiger partial charge >= 0.3 is 13.0 Å². The highest BCUT2D eigenvalue weighted by Gasteiger charge is 2.32. The average Bonchev–Trinajstić information content (AvgIpc) is 2.19. The summed E-state index contributed by atoms with van der Waals surface area (Å²) in [6.45, 7) is -1.48. The standard InChI is InChI=1S/C10H9F5O3/c1-2-16-7-4-3-6(17-9(11)12)5-8(7)18-10(13,14)15/h3-5,9H,2H2,1H3. The third-order valence-electron chi connectivity index (χ3n) is 1.67. The monoisotopic (exact) mass is 272 g/mol. The SMILES string of the molecule is CCOc1ccc(OC(F)F)cc1OC(F)(F)F. The van der Waals surface area contributed by atoms with Crippen molar-refractivity contribution in [2.45, 2.75) is 19.9 Å². The molecular formula is C10H9F5O3. The van der Waals surface area contributed by atoms with Gasteiger partial charge in [-0.1, -0.05) is 0 Å². The van der Waals surface area contributed by atoms with Gasteiger partial charge in [-0.25, -0.2) is 0 Å². The van der Waals surface area contributed by atoms with Gasteiger partial charge in [-0.15, -0.1) is 13.2 Å². The molecule has 0 aliphatic carbocycles. The Morgan fingerprint density at radius 1 is 1.17 bits per heavy atom. The highest BCUT2D eigenvalue weighted by Crippen LogP contribution is 2.35. The van der Waals surface area contributed by atoms with Gasteiger partial charge in [0.1, 0.15) is 5.75 Å². The van der Waals surface area contributed by atoms with Gasteiger partial charge in [0.25, 0.3) is 0 Å². The number of benzene rings is 1. The first-order valence-electron chi connectivity index (χ1n) is 4.79. The summed E-state index contributed by atoms with van der Waals surface area (Å²) in [4.78, 5) is 0. The highest BCUT2D eigenvalue weighted by atomic mass is 19.4. The van der Waals surface area contributed by atoms with Crippen molar-refractivity contribution in [3.63, 3.8) is 0 Å². The Hall–Kier alpha value is -1.73. The molecule has 0 fully saturated rings. The fourth-order valence-corrected chi connectivity index (χ4v) is 1.14. The van der Waals surface area contributed by atoms with Crippen LogP contribution in [0.15, 0.2) is 18.2 Å². The normalized spacial score (nSPS) is 11.5. The predicted molar refractivity (Wildman–Crippen MR) is 50.9 cm³/mol. The number of halogens is 5. The molecule has 8 heteroatoms. The lowest BCUT2D eigenvalue weighted by atomic mass is 10.3. The van der Waals surface area contributed by atoms with Crippen LogP contribution in [0.3, 0.4) is 0 Å². The van der Waals surface area contributed by atoms with Crippen molar-refractivity contribution in [2.75, 3.05) is 6.61 Å². The van der Waals surface area contributed by atoms with Crippen LogP contribution in [0.25, 0.3) is 0 Å². The molecule has 0 aromatic heterocycles. The van der Waals surface area contributed by atoms with E-state index < -0.39 is 24.5 Å². The van der Waals surface area contributed by atoms with Gasteiger partial charge in [-0.05, 0) is 19.1 Å². The molecule has 1 rings (SSSR count). The summed E-state index contributed by atoms with van der Waals surface area (Å²) >= 11 is 0. The topological polar surface area (TPSA) is 27.7 Å². The van der Waals surface area contributed by atoms with Crippen LogP contribution in [-0.4, -0.2) is 19.6 Å². The first kappa shape index (κ1) is 14.3. The number of hydrogen-bond donors (Lipinski definition) is 0. The molecule has 3 nitrogen and oxygen atoms in total. The van der Waals surface area contributed by atoms with E-state index >= 15 is 0 Å². The van der Waals surface area contributed by atoms with Gasteiger partial charge in [-0.3, -0.25) is 0 Å². The lowest BCUT2D eigenvalue weighted by Crippen LogP contribution is -2.18. The van der Waals surface area contributed by atoms with Crippen LogP contribution in [-0.2, 0) is 0 Å². The van der Waals surface area contributed by atoms with Crippen molar-refractivity contribution >= 4 is 0 Å². The van der Waals surface area contributed by atoms with E-state index in [1.54, 1.807) is 6.92 Å². The fraction of sp³-hybridized carbons (Fsp3) is 0.400. The number of rotatable bonds is 5. The molecule has 0 heterocycles. The fourth-order valence-electron chi connectivity index (χ4n) is 1.14. The molecule has 0 bridgehead atoms. The van der Waals surface area contributed by atoms with E-state index in [2.05, 4.69) is 9.47 Å². The molecule has 0 saturated carbocycles. The summed E-state index contributed by atoms with van der Waals surface area (Å²) in [5, 5.41) is 0. The van der Waals surface area contributed by atoms with Crippen LogP contribution in [0.2, 0.25) is 0 Å². The Labute approximate surface area is 99.1 Å². The summed E-state index contributed by atoms with van der Waals surface area (Å²) < 4.78 is 72.6. The maximum atomic E-state index is 12.1. The van der Waals surface area contributed by atoms with E-state index in [0.717, 1.165) is 12.1 Å². The minimum Gasteiger partial charge on any atom is -0.490 e. The zero-order valence-electron chi connectivity index (χ0n) is 9.13. The van der Waals surface area contributed by atoms with E-state index in [1.165, 1.54) is 0 Å². The first-order valence-corrected chi connectivity index (χ1v) is 4.79. The maximum absolute atomic E-state index is 12.1. The summed E-state index contributed by atoms with van der Waals surface area (Å²) in [5.74, 6) is -1.40. The molecule has 1 aromatic carbocycles. The van der Waals surface area contributed by atoms with Crippen molar-refractivity contribution in [3.8, 4) is 17.2 Å². The number of ether oxygens (including phenoxy) is 3. The van der Waals surface area contributed by atoms with E-state index in [-0.39, 0.29) is 12.4 Å². The van der Waals surface area contributed by atoms with Gasteiger partial charge in [0, 0.05) is 6.07 Å². The van der Waals surface area contributed by atoms with Gasteiger partial charge in [0.15, 0.2) is 11.5 Å². The Bertz CT molecular complexity index is 392. The van der Waals surface area contributed by atoms with Gasteiger partial charge in [-0.2, -0.15) is 8.78 Å². The van der Waals surface area contributed by atoms with E-state index in [0.29, 0.717) is 6.07 Å². The summed E-state index contributed by atoms with van der Waals surface area (Å²) in [7, 11) is 0. The third-order valence-corrected chi connectivity index (χ3v) is 1.67. The zero-order chi connectivity index (χ0) is 13.8. The lowest BCUT2D eigenvalue weighted by molar-refractivity contribution is -0.275. The first-order chi connectivity index (χ1) is 8.31. The van der Waals surface area contributed by atoms with Crippen LogP contribution in [0.5, 0.6) is 17.2 Å². The second-order valence-electron chi connectivity index (χ2n) is 2.97. The molecule has 0 aliphatic rings. The third kappa shape index (κ3) is 4.64. The molecule has 0 aliphatic heterocycles. The summed E-state index contributed by atoms with van der Waals surface area (Å²) in [5.41, 5.74) is 0. The predicted octanol–water partition coefficient (Wildman–Crippen LogP) is 3.59. The van der Waals surface area contributed by atoms with Crippen molar-refractivity contribution in [1.82, 2.24) is 0 Å². The molecule has 0 saturated heterocycles. The molecule has 0 spiro atoms. The van der Waals surface area contributed by atoms with Crippen LogP contribution in [0.1, 0.15) is 6.92 Å². The van der Waals surface area contributed by atoms with Crippen LogP contribution in [0, 0.1) is 0 Å². The van der Waals surface area contributed by atoms with Crippen LogP contribution >= 0.6 is 0 Å². The summed E-state index contributed by atoms with van der Waals surface area (Å²) in [6.07, 6.45) is -4.95. The van der Waals surface area contributed by atoms with Crippen LogP contribution in [0.4, 0.5) is 22.0 Å². The average molecular weight is 272 g/mol. The van der Waals surface area contributed by atoms with E-state index in [9.17, 15) is 22.0 Å². The van der Waals surface area contributed by atoms with Crippen molar-refractivity contribution in [1.29, 1.82) is 0 Å². The molecule has 0 unspecified atom stereocenters. The maximum Gasteiger partial charge on any atom is 0.573 e. The van der Waals surface area contributed by atoms with Crippen molar-refractivity contribution in [3.05, 3.63) is 18.2 Å². The molecule has 0 amide bonds. The molecule has 0 atom stereocenters.